The number of hydrogen-bond donors (Lipinski definition) is 2. The summed E-state index contributed by atoms with van der Waals surface area (Å²) >= 11 is 0. The molecule has 1 heterocycles. The lowest BCUT2D eigenvalue weighted by Crippen LogP contribution is -2.26. The number of rotatable bonds is 4. The van der Waals surface area contributed by atoms with Crippen molar-refractivity contribution in [2.24, 2.45) is 0 Å². The van der Waals surface area contributed by atoms with E-state index in [0.29, 0.717) is 28.1 Å². The Bertz CT molecular complexity index is 1830. The largest absolute Gasteiger partial charge is 0.323 e. The normalized spacial score (nSPS) is 13.8. The van der Waals surface area contributed by atoms with Gasteiger partial charge in [-0.1, -0.05) is 72.8 Å². The van der Waals surface area contributed by atoms with Gasteiger partial charge in [0, 0.05) is 10.8 Å². The van der Waals surface area contributed by atoms with Crippen LogP contribution in [-0.4, -0.2) is 20.2 Å². The first-order valence-corrected chi connectivity index (χ1v) is 13.1. The van der Waals surface area contributed by atoms with Gasteiger partial charge in [-0.3, -0.25) is 19.2 Å². The molecule has 5 aromatic rings. The van der Waals surface area contributed by atoms with Crippen molar-refractivity contribution in [1.82, 2.24) is 0 Å². The van der Waals surface area contributed by atoms with Crippen molar-refractivity contribution in [1.29, 1.82) is 0 Å². The molecule has 0 bridgehead atoms. The lowest BCUT2D eigenvalue weighted by molar-refractivity contribution is -0.124. The molecule has 5 aromatic carbocycles. The molecule has 8 heteroatoms. The fourth-order valence-electron chi connectivity index (χ4n) is 4.74. The van der Waals surface area contributed by atoms with E-state index >= 15 is 0 Å². The fourth-order valence-corrected chi connectivity index (χ4v) is 6.02. The molecule has 1 aliphatic heterocycles. The van der Waals surface area contributed by atoms with E-state index in [1.165, 1.54) is 4.90 Å². The highest BCUT2D eigenvalue weighted by Crippen LogP contribution is 2.40. The van der Waals surface area contributed by atoms with Gasteiger partial charge in [0.25, 0.3) is 10.0 Å². The van der Waals surface area contributed by atoms with Gasteiger partial charge in [-0.25, -0.2) is 8.42 Å². The Kier molecular flexibility index (Phi) is 5.39. The van der Waals surface area contributed by atoms with Crippen LogP contribution < -0.4 is 14.9 Å². The zero-order chi connectivity index (χ0) is 25.6. The average molecular weight is 508 g/mol. The number of anilines is 4. The van der Waals surface area contributed by atoms with Crippen molar-refractivity contribution in [2.45, 2.75) is 11.3 Å². The zero-order valence-electron chi connectivity index (χ0n) is 19.5. The maximum absolute atomic E-state index is 13.4. The summed E-state index contributed by atoms with van der Waals surface area (Å²) in [6.45, 7) is 0. The predicted molar refractivity (Wildman–Crippen MR) is 146 cm³/mol. The van der Waals surface area contributed by atoms with Crippen LogP contribution in [0.5, 0.6) is 0 Å². The summed E-state index contributed by atoms with van der Waals surface area (Å²) in [5.74, 6) is -0.821. The Morgan fingerprint density at radius 3 is 2.22 bits per heavy atom. The van der Waals surface area contributed by atoms with Crippen LogP contribution in [0.3, 0.4) is 0 Å². The summed E-state index contributed by atoms with van der Waals surface area (Å²) in [4.78, 5) is 27.4. The molecule has 7 nitrogen and oxygen atoms in total. The second-order valence-electron chi connectivity index (χ2n) is 8.77. The van der Waals surface area contributed by atoms with Crippen molar-refractivity contribution in [3.63, 3.8) is 0 Å². The van der Waals surface area contributed by atoms with Crippen LogP contribution in [0.1, 0.15) is 6.42 Å². The number of benzene rings is 5. The van der Waals surface area contributed by atoms with Gasteiger partial charge in [0.15, 0.2) is 0 Å². The molecular weight excluding hydrogens is 486 g/mol. The van der Waals surface area contributed by atoms with E-state index < -0.39 is 21.8 Å². The summed E-state index contributed by atoms with van der Waals surface area (Å²) in [5.41, 5.74) is 1.79. The maximum Gasteiger partial charge on any atom is 0.262 e. The number of nitrogens with one attached hydrogen (secondary N) is 2. The first-order valence-electron chi connectivity index (χ1n) is 11.7. The molecule has 0 radical (unpaired) electrons. The monoisotopic (exact) mass is 507 g/mol. The topological polar surface area (TPSA) is 95.6 Å². The molecule has 0 atom stereocenters. The first kappa shape index (κ1) is 22.8. The lowest BCUT2D eigenvalue weighted by Gasteiger charge is -2.24. The van der Waals surface area contributed by atoms with Crippen molar-refractivity contribution < 1.29 is 18.0 Å². The van der Waals surface area contributed by atoms with Gasteiger partial charge in [0.1, 0.15) is 6.42 Å². The van der Waals surface area contributed by atoms with E-state index in [0.717, 1.165) is 16.2 Å². The third kappa shape index (κ3) is 4.07. The molecule has 0 saturated heterocycles. The van der Waals surface area contributed by atoms with Gasteiger partial charge >= 0.3 is 0 Å². The molecule has 0 saturated carbocycles. The standard InChI is InChI=1S/C29H21N3O4S/c33-27-18-28(34)32(25-16-15-20-8-2-4-13-24(20)29(25)30-27)22-11-6-10-21(17-22)31-37(35,36)26-14-5-9-19-7-1-3-12-23(19)26/h1-17,31H,18H2,(H,30,33). The number of sulfonamides is 1. The number of amides is 2. The second-order valence-corrected chi connectivity index (χ2v) is 10.4. The van der Waals surface area contributed by atoms with E-state index in [9.17, 15) is 18.0 Å². The van der Waals surface area contributed by atoms with E-state index in [-0.39, 0.29) is 11.3 Å². The van der Waals surface area contributed by atoms with Gasteiger partial charge in [0.2, 0.25) is 11.8 Å². The molecule has 0 fully saturated rings. The van der Waals surface area contributed by atoms with Gasteiger partial charge in [0.05, 0.1) is 27.6 Å². The summed E-state index contributed by atoms with van der Waals surface area (Å²) in [6.07, 6.45) is -0.338. The lowest BCUT2D eigenvalue weighted by atomic mass is 10.1. The molecule has 0 spiro atoms. The molecule has 37 heavy (non-hydrogen) atoms. The van der Waals surface area contributed by atoms with Gasteiger partial charge in [-0.05, 0) is 41.1 Å². The van der Waals surface area contributed by atoms with Crippen molar-refractivity contribution in [3.05, 3.63) is 103 Å². The first-order chi connectivity index (χ1) is 17.9. The van der Waals surface area contributed by atoms with Crippen LogP contribution >= 0.6 is 0 Å². The van der Waals surface area contributed by atoms with Crippen molar-refractivity contribution >= 4 is 66.1 Å². The SMILES string of the molecule is O=C1CC(=O)N(c2cccc(NS(=O)(=O)c3cccc4ccccc34)c2)c2ccc3ccccc3c2N1. The molecule has 2 N–H and O–H groups in total. The van der Waals surface area contributed by atoms with Crippen molar-refractivity contribution in [3.8, 4) is 0 Å². The number of nitrogens with zero attached hydrogens (tertiary/aromatic N) is 1. The van der Waals surface area contributed by atoms with Crippen LogP contribution in [0.15, 0.2) is 108 Å². The van der Waals surface area contributed by atoms with Crippen LogP contribution in [0.2, 0.25) is 0 Å². The summed E-state index contributed by atoms with van der Waals surface area (Å²) in [6, 6.07) is 30.3. The quantitative estimate of drug-likeness (QED) is 0.301. The zero-order valence-corrected chi connectivity index (χ0v) is 20.3. The van der Waals surface area contributed by atoms with E-state index in [2.05, 4.69) is 10.0 Å². The minimum Gasteiger partial charge on any atom is -0.323 e. The predicted octanol–water partition coefficient (Wildman–Crippen LogP) is 5.80. The Morgan fingerprint density at radius 2 is 1.41 bits per heavy atom. The summed E-state index contributed by atoms with van der Waals surface area (Å²) in [5, 5.41) is 6.03. The Balaban J connectivity index is 1.43. The number of carbonyl (C=O) groups excluding carboxylic acids is 2. The van der Waals surface area contributed by atoms with Crippen LogP contribution in [0.25, 0.3) is 21.5 Å². The Labute approximate surface area is 213 Å². The average Bonchev–Trinajstić information content (AvgIpc) is 3.02. The molecule has 6 rings (SSSR count). The minimum atomic E-state index is -3.93. The van der Waals surface area contributed by atoms with Gasteiger partial charge in [-0.2, -0.15) is 0 Å². The summed E-state index contributed by atoms with van der Waals surface area (Å²) < 4.78 is 29.4. The minimum absolute atomic E-state index is 0.161. The highest BCUT2D eigenvalue weighted by molar-refractivity contribution is 7.93. The molecule has 0 aliphatic carbocycles. The highest BCUT2D eigenvalue weighted by atomic mass is 32.2. The van der Waals surface area contributed by atoms with Crippen molar-refractivity contribution in [2.75, 3.05) is 14.9 Å². The Morgan fingerprint density at radius 1 is 0.730 bits per heavy atom. The van der Waals surface area contributed by atoms with Crippen LogP contribution in [-0.2, 0) is 19.6 Å². The smallest absolute Gasteiger partial charge is 0.262 e. The third-order valence-electron chi connectivity index (χ3n) is 6.37. The number of fused-ring (bicyclic) bond motifs is 4. The van der Waals surface area contributed by atoms with Gasteiger partial charge < -0.3 is 5.32 Å². The molecule has 0 unspecified atom stereocenters. The molecule has 2 amide bonds. The van der Waals surface area contributed by atoms with E-state index in [1.54, 1.807) is 54.6 Å². The van der Waals surface area contributed by atoms with E-state index in [1.807, 2.05) is 48.5 Å². The molecule has 1 aliphatic rings. The molecular formula is C29H21N3O4S. The van der Waals surface area contributed by atoms with E-state index in [4.69, 9.17) is 0 Å². The summed E-state index contributed by atoms with van der Waals surface area (Å²) in [7, 11) is -3.93. The maximum atomic E-state index is 13.4. The highest BCUT2D eigenvalue weighted by Gasteiger charge is 2.29. The number of hydrogen-bond acceptors (Lipinski definition) is 4. The Hall–Kier alpha value is -4.69. The van der Waals surface area contributed by atoms with Gasteiger partial charge in [-0.15, -0.1) is 0 Å². The fraction of sp³-hybridized carbons (Fsp3) is 0.0345. The molecule has 0 aromatic heterocycles. The van der Waals surface area contributed by atoms with Crippen LogP contribution in [0, 0.1) is 0 Å². The second kappa shape index (κ2) is 8.76. The number of carbonyl (C=O) groups is 2. The van der Waals surface area contributed by atoms with Crippen LogP contribution in [0.4, 0.5) is 22.7 Å². The third-order valence-corrected chi connectivity index (χ3v) is 7.81. The molecule has 182 valence electrons.